The lowest BCUT2D eigenvalue weighted by atomic mass is 10.1. The summed E-state index contributed by atoms with van der Waals surface area (Å²) in [6.45, 7) is 5.16. The summed E-state index contributed by atoms with van der Waals surface area (Å²) in [5.74, 6) is 1.30. The van der Waals surface area contributed by atoms with Crippen LogP contribution >= 0.6 is 11.6 Å². The van der Waals surface area contributed by atoms with Crippen LogP contribution in [-0.4, -0.2) is 25.2 Å². The van der Waals surface area contributed by atoms with E-state index < -0.39 is 6.10 Å². The summed E-state index contributed by atoms with van der Waals surface area (Å²) in [6.07, 6.45) is 1.80. The monoisotopic (exact) mass is 375 g/mol. The number of hydrogen-bond acceptors (Lipinski definition) is 3. The van der Waals surface area contributed by atoms with E-state index in [0.29, 0.717) is 30.3 Å². The van der Waals surface area contributed by atoms with E-state index in [-0.39, 0.29) is 5.91 Å². The van der Waals surface area contributed by atoms with Gasteiger partial charge in [-0.3, -0.25) is 4.79 Å². The maximum Gasteiger partial charge on any atom is 0.261 e. The molecule has 0 aliphatic carbocycles. The van der Waals surface area contributed by atoms with Crippen molar-refractivity contribution in [3.63, 3.8) is 0 Å². The number of para-hydroxylation sites is 1. The van der Waals surface area contributed by atoms with Gasteiger partial charge in [-0.2, -0.15) is 0 Å². The van der Waals surface area contributed by atoms with Crippen molar-refractivity contribution < 1.29 is 14.3 Å². The molecule has 1 N–H and O–H groups in total. The van der Waals surface area contributed by atoms with Crippen LogP contribution in [0.25, 0.3) is 0 Å². The molecule has 0 fully saturated rings. The molecule has 0 radical (unpaired) electrons. The van der Waals surface area contributed by atoms with Crippen molar-refractivity contribution in [2.45, 2.75) is 39.2 Å². The Labute approximate surface area is 160 Å². The Kier molecular flexibility index (Phi) is 8.29. The van der Waals surface area contributed by atoms with Gasteiger partial charge in [0, 0.05) is 6.54 Å². The fraction of sp³-hybridized carbons (Fsp3) is 0.381. The van der Waals surface area contributed by atoms with E-state index in [9.17, 15) is 4.79 Å². The lowest BCUT2D eigenvalue weighted by Crippen LogP contribution is -2.38. The number of halogens is 1. The van der Waals surface area contributed by atoms with Crippen LogP contribution in [0.15, 0.2) is 48.5 Å². The van der Waals surface area contributed by atoms with Gasteiger partial charge in [0.25, 0.3) is 5.91 Å². The van der Waals surface area contributed by atoms with Gasteiger partial charge in [-0.25, -0.2) is 0 Å². The summed E-state index contributed by atoms with van der Waals surface area (Å²) in [7, 11) is 0. The van der Waals surface area contributed by atoms with Crippen molar-refractivity contribution in [2.24, 2.45) is 0 Å². The fourth-order valence-corrected chi connectivity index (χ4v) is 2.73. The normalized spacial score (nSPS) is 11.7. The summed E-state index contributed by atoms with van der Waals surface area (Å²) in [5.41, 5.74) is 1.22. The van der Waals surface area contributed by atoms with E-state index in [2.05, 4.69) is 17.4 Å². The first-order chi connectivity index (χ1) is 12.6. The number of amides is 1. The van der Waals surface area contributed by atoms with Gasteiger partial charge in [-0.1, -0.05) is 42.8 Å². The number of nitrogens with one attached hydrogen (secondary N) is 1. The van der Waals surface area contributed by atoms with Gasteiger partial charge in [0.05, 0.1) is 11.6 Å². The molecular formula is C21H26ClNO3. The lowest BCUT2D eigenvalue weighted by molar-refractivity contribution is -0.128. The van der Waals surface area contributed by atoms with Crippen LogP contribution in [0.2, 0.25) is 5.02 Å². The molecule has 1 amide bonds. The summed E-state index contributed by atoms with van der Waals surface area (Å²) >= 11 is 6.09. The number of aryl methyl sites for hydroxylation is 1. The molecule has 2 rings (SSSR count). The van der Waals surface area contributed by atoms with Crippen molar-refractivity contribution in [2.75, 3.05) is 13.2 Å². The smallest absolute Gasteiger partial charge is 0.261 e. The summed E-state index contributed by atoms with van der Waals surface area (Å²) in [5, 5.41) is 3.45. The maximum absolute atomic E-state index is 12.3. The van der Waals surface area contributed by atoms with Gasteiger partial charge in [0.2, 0.25) is 0 Å². The zero-order chi connectivity index (χ0) is 18.8. The summed E-state index contributed by atoms with van der Waals surface area (Å²) in [6, 6.07) is 15.2. The Hall–Kier alpha value is -2.20. The highest BCUT2D eigenvalue weighted by Crippen LogP contribution is 2.24. The molecule has 0 aliphatic heterocycles. The van der Waals surface area contributed by atoms with Crippen LogP contribution in [0.3, 0.4) is 0 Å². The minimum absolute atomic E-state index is 0.112. The largest absolute Gasteiger partial charge is 0.494 e. The topological polar surface area (TPSA) is 47.6 Å². The van der Waals surface area contributed by atoms with E-state index >= 15 is 0 Å². The average Bonchev–Trinajstić information content (AvgIpc) is 2.66. The highest BCUT2D eigenvalue weighted by atomic mass is 35.5. The second-order valence-corrected chi connectivity index (χ2v) is 6.32. The van der Waals surface area contributed by atoms with Crippen LogP contribution in [0, 0.1) is 0 Å². The quantitative estimate of drug-likeness (QED) is 0.615. The van der Waals surface area contributed by atoms with E-state index in [1.807, 2.05) is 38.1 Å². The Morgan fingerprint density at radius 3 is 2.50 bits per heavy atom. The minimum Gasteiger partial charge on any atom is -0.494 e. The van der Waals surface area contributed by atoms with Crippen molar-refractivity contribution >= 4 is 17.5 Å². The zero-order valence-electron chi connectivity index (χ0n) is 15.3. The van der Waals surface area contributed by atoms with Crippen molar-refractivity contribution in [1.29, 1.82) is 0 Å². The van der Waals surface area contributed by atoms with Gasteiger partial charge in [-0.05, 0) is 56.0 Å². The molecule has 0 aliphatic rings. The number of ether oxygens (including phenoxy) is 2. The number of hydrogen-bond donors (Lipinski definition) is 1. The summed E-state index contributed by atoms with van der Waals surface area (Å²) in [4.78, 5) is 12.3. The fourth-order valence-electron chi connectivity index (χ4n) is 2.55. The number of carbonyl (C=O) groups excluding carboxylic acids is 1. The second-order valence-electron chi connectivity index (χ2n) is 5.92. The van der Waals surface area contributed by atoms with Gasteiger partial charge in [0.15, 0.2) is 6.10 Å². The number of rotatable bonds is 10. The standard InChI is InChI=1S/C21H26ClNO3/c1-3-19(26-20-10-6-5-9-18(20)22)21(24)23-15-7-8-16-11-13-17(14-12-16)25-4-2/h5-6,9-14,19H,3-4,7-8,15H2,1-2H3,(H,23,24). The predicted octanol–water partition coefficient (Wildman–Crippen LogP) is 4.65. The van der Waals surface area contributed by atoms with Gasteiger partial charge in [-0.15, -0.1) is 0 Å². The van der Waals surface area contributed by atoms with Crippen molar-refractivity contribution in [1.82, 2.24) is 5.32 Å². The Morgan fingerprint density at radius 2 is 1.85 bits per heavy atom. The first-order valence-electron chi connectivity index (χ1n) is 9.04. The van der Waals surface area contributed by atoms with Crippen LogP contribution in [-0.2, 0) is 11.2 Å². The zero-order valence-corrected chi connectivity index (χ0v) is 16.1. The molecule has 0 heterocycles. The molecule has 0 spiro atoms. The van der Waals surface area contributed by atoms with E-state index in [4.69, 9.17) is 21.1 Å². The number of benzene rings is 2. The van der Waals surface area contributed by atoms with Gasteiger partial charge >= 0.3 is 0 Å². The van der Waals surface area contributed by atoms with E-state index in [0.717, 1.165) is 18.6 Å². The highest BCUT2D eigenvalue weighted by molar-refractivity contribution is 6.32. The van der Waals surface area contributed by atoms with Gasteiger partial charge < -0.3 is 14.8 Å². The molecule has 0 saturated carbocycles. The van der Waals surface area contributed by atoms with Crippen molar-refractivity contribution in [3.05, 3.63) is 59.1 Å². The minimum atomic E-state index is -0.541. The van der Waals surface area contributed by atoms with Crippen LogP contribution in [0.1, 0.15) is 32.3 Å². The van der Waals surface area contributed by atoms with Gasteiger partial charge in [0.1, 0.15) is 11.5 Å². The van der Waals surface area contributed by atoms with E-state index in [1.54, 1.807) is 12.1 Å². The molecule has 4 nitrogen and oxygen atoms in total. The molecule has 0 bridgehead atoms. The highest BCUT2D eigenvalue weighted by Gasteiger charge is 2.18. The Bertz CT molecular complexity index is 688. The average molecular weight is 376 g/mol. The Balaban J connectivity index is 1.75. The first kappa shape index (κ1) is 20.1. The van der Waals surface area contributed by atoms with Crippen molar-refractivity contribution in [3.8, 4) is 11.5 Å². The first-order valence-corrected chi connectivity index (χ1v) is 9.42. The van der Waals surface area contributed by atoms with Crippen LogP contribution in [0.4, 0.5) is 0 Å². The molecule has 5 heteroatoms. The predicted molar refractivity (Wildman–Crippen MR) is 105 cm³/mol. The molecule has 0 saturated heterocycles. The SMILES string of the molecule is CCOc1ccc(CCCNC(=O)C(CC)Oc2ccccc2Cl)cc1. The molecule has 1 atom stereocenters. The third kappa shape index (κ3) is 6.26. The molecule has 0 aromatic heterocycles. The second kappa shape index (κ2) is 10.7. The lowest BCUT2D eigenvalue weighted by Gasteiger charge is -2.18. The summed E-state index contributed by atoms with van der Waals surface area (Å²) < 4.78 is 11.2. The third-order valence-electron chi connectivity index (χ3n) is 3.94. The molecule has 2 aromatic rings. The maximum atomic E-state index is 12.3. The Morgan fingerprint density at radius 1 is 1.12 bits per heavy atom. The van der Waals surface area contributed by atoms with Crippen LogP contribution < -0.4 is 14.8 Å². The van der Waals surface area contributed by atoms with Crippen LogP contribution in [0.5, 0.6) is 11.5 Å². The third-order valence-corrected chi connectivity index (χ3v) is 4.26. The molecule has 26 heavy (non-hydrogen) atoms. The van der Waals surface area contributed by atoms with E-state index in [1.165, 1.54) is 5.56 Å². The number of carbonyl (C=O) groups is 1. The molecule has 2 aromatic carbocycles. The molecule has 140 valence electrons. The molecule has 1 unspecified atom stereocenters. The molecular weight excluding hydrogens is 350 g/mol.